The number of methoxy groups -OCH3 is 1. The van der Waals surface area contributed by atoms with E-state index in [-0.39, 0.29) is 24.1 Å². The average molecular weight is 546 g/mol. The molecule has 3 aliphatic heterocycles. The van der Waals surface area contributed by atoms with Crippen molar-refractivity contribution in [1.29, 1.82) is 5.26 Å². The van der Waals surface area contributed by atoms with Crippen molar-refractivity contribution in [2.75, 3.05) is 51.8 Å². The van der Waals surface area contributed by atoms with E-state index in [0.29, 0.717) is 44.1 Å². The van der Waals surface area contributed by atoms with Crippen LogP contribution in [0.15, 0.2) is 41.7 Å². The van der Waals surface area contributed by atoms with Crippen molar-refractivity contribution in [3.05, 3.63) is 69.8 Å². The van der Waals surface area contributed by atoms with E-state index < -0.39 is 0 Å². The number of likely N-dealkylation sites (tertiary alicyclic amines) is 1. The van der Waals surface area contributed by atoms with Gasteiger partial charge in [-0.25, -0.2) is 4.79 Å². The molecule has 4 heterocycles. The van der Waals surface area contributed by atoms with Crippen LogP contribution in [0.2, 0.25) is 0 Å². The normalized spacial score (nSPS) is 24.2. The van der Waals surface area contributed by atoms with E-state index in [2.05, 4.69) is 68.6 Å². The molecular weight excluding hydrogens is 506 g/mol. The van der Waals surface area contributed by atoms with Crippen molar-refractivity contribution < 1.29 is 9.53 Å². The van der Waals surface area contributed by atoms with E-state index in [1.807, 2.05) is 0 Å². The fraction of sp³-hybridized carbons (Fsp3) is 0.533. The number of nitrogens with one attached hydrogen (secondary N) is 1. The second-order valence-corrected chi connectivity index (χ2v) is 11.1. The monoisotopic (exact) mass is 545 g/mol. The second kappa shape index (κ2) is 12.3. The number of nitrogens with zero attached hydrogens (tertiary/aromatic N) is 6. The number of H-pyrrole nitrogens is 1. The summed E-state index contributed by atoms with van der Waals surface area (Å²) in [5.41, 5.74) is 4.40. The molecule has 3 atom stereocenters. The molecule has 0 saturated carbocycles. The number of rotatable bonds is 5. The van der Waals surface area contributed by atoms with Crippen LogP contribution in [-0.4, -0.2) is 89.6 Å². The van der Waals surface area contributed by atoms with Gasteiger partial charge in [0.2, 0.25) is 5.91 Å². The molecule has 1 aliphatic carbocycles. The molecule has 10 nitrogen and oxygen atoms in total. The highest BCUT2D eigenvalue weighted by Crippen LogP contribution is 2.41. The van der Waals surface area contributed by atoms with Crippen molar-refractivity contribution in [3.63, 3.8) is 0 Å². The number of carbonyl (C=O) groups is 1. The number of hydrogen-bond acceptors (Lipinski definition) is 8. The van der Waals surface area contributed by atoms with Crippen LogP contribution in [0.5, 0.6) is 0 Å². The maximum atomic E-state index is 12.4. The molecule has 2 aromatic rings. The first-order valence-electron chi connectivity index (χ1n) is 14.1. The maximum absolute atomic E-state index is 12.4. The van der Waals surface area contributed by atoms with Gasteiger partial charge in [-0.1, -0.05) is 30.8 Å². The van der Waals surface area contributed by atoms with E-state index >= 15 is 0 Å². The van der Waals surface area contributed by atoms with Crippen LogP contribution >= 0.6 is 0 Å². The molecule has 40 heavy (non-hydrogen) atoms. The Hall–Kier alpha value is -3.52. The van der Waals surface area contributed by atoms with Crippen LogP contribution in [0.25, 0.3) is 0 Å². The lowest BCUT2D eigenvalue weighted by Gasteiger charge is -2.41. The van der Waals surface area contributed by atoms with Crippen LogP contribution < -0.4 is 10.6 Å². The molecule has 10 heteroatoms. The topological polar surface area (TPSA) is 109 Å². The van der Waals surface area contributed by atoms with E-state index in [9.17, 15) is 14.9 Å². The molecular formula is C30H39N7O3. The Morgan fingerprint density at radius 2 is 2.05 bits per heavy atom. The number of benzene rings is 1. The smallest absolute Gasteiger partial charge is 0.347 e. The van der Waals surface area contributed by atoms with E-state index in [1.165, 1.54) is 30.2 Å². The number of carbonyl (C=O) groups excluding carboxylic acids is 1. The first kappa shape index (κ1) is 28.0. The molecule has 2 fully saturated rings. The van der Waals surface area contributed by atoms with Crippen molar-refractivity contribution in [2.45, 2.75) is 57.0 Å². The largest absolute Gasteiger partial charge is 0.380 e. The number of nitriles is 1. The predicted molar refractivity (Wildman–Crippen MR) is 153 cm³/mol. The quantitative estimate of drug-likeness (QED) is 0.570. The summed E-state index contributed by atoms with van der Waals surface area (Å²) in [6, 6.07) is 10.9. The highest BCUT2D eigenvalue weighted by molar-refractivity contribution is 5.87. The van der Waals surface area contributed by atoms with Gasteiger partial charge in [0.1, 0.15) is 5.82 Å². The van der Waals surface area contributed by atoms with Crippen LogP contribution in [0.1, 0.15) is 47.7 Å². The standard InChI is InChI=1S/C24H26N6O2.C6H13NO/c1-2-22(31)30-12-11-28(13-17(30)9-10-25)23-19-14-29(15-20(19)26-24(32)27-23)21-8-7-16-5-3-4-6-18(16)21;1-7-4-3-6(5-7)8-2/h2-6,17,21H,1,7-9,11-15H2,(H,26,27,32);6H,3-5H2,1-2H3/t17-,21?;6-/m00/s1. The zero-order valence-electron chi connectivity index (χ0n) is 23.5. The third-order valence-electron chi connectivity index (χ3n) is 8.61. The van der Waals surface area contributed by atoms with Gasteiger partial charge in [-0.15, -0.1) is 0 Å². The van der Waals surface area contributed by atoms with Crippen molar-refractivity contribution in [2.24, 2.45) is 0 Å². The average Bonchev–Trinajstić information content (AvgIpc) is 3.70. The van der Waals surface area contributed by atoms with Crippen LogP contribution in [-0.2, 0) is 29.0 Å². The molecule has 6 rings (SSSR count). The molecule has 4 aliphatic rings. The molecule has 2 saturated heterocycles. The lowest BCUT2D eigenvalue weighted by molar-refractivity contribution is -0.128. The first-order chi connectivity index (χ1) is 19.4. The van der Waals surface area contributed by atoms with Crippen molar-refractivity contribution in [1.82, 2.24) is 24.7 Å². The third kappa shape index (κ3) is 5.82. The summed E-state index contributed by atoms with van der Waals surface area (Å²) < 4.78 is 5.14. The summed E-state index contributed by atoms with van der Waals surface area (Å²) in [6.45, 7) is 8.81. The molecule has 1 N–H and O–H groups in total. The van der Waals surface area contributed by atoms with Gasteiger partial charge in [0, 0.05) is 70.2 Å². The Morgan fingerprint density at radius 3 is 2.75 bits per heavy atom. The predicted octanol–water partition coefficient (Wildman–Crippen LogP) is 2.23. The molecule has 1 aromatic carbocycles. The van der Waals surface area contributed by atoms with Crippen molar-refractivity contribution >= 4 is 11.7 Å². The Kier molecular flexibility index (Phi) is 8.64. The van der Waals surface area contributed by atoms with Gasteiger partial charge in [0.05, 0.1) is 24.6 Å². The minimum Gasteiger partial charge on any atom is -0.380 e. The number of fused-ring (bicyclic) bond motifs is 2. The SMILES string of the molecule is C=CC(=O)N1CCN(c2nc(=O)[nH]c3c2CN(C2CCc4ccccc42)C3)C[C@@H]1CC#N.CO[C@H]1CCN(C)C1. The van der Waals surface area contributed by atoms with Crippen LogP contribution in [0.3, 0.4) is 0 Å². The van der Waals surface area contributed by atoms with Gasteiger partial charge in [-0.2, -0.15) is 10.2 Å². The first-order valence-corrected chi connectivity index (χ1v) is 14.1. The number of amides is 1. The summed E-state index contributed by atoms with van der Waals surface area (Å²) >= 11 is 0. The van der Waals surface area contributed by atoms with E-state index in [0.717, 1.165) is 37.2 Å². The zero-order valence-corrected chi connectivity index (χ0v) is 23.5. The summed E-state index contributed by atoms with van der Waals surface area (Å²) in [7, 11) is 3.91. The molecule has 0 radical (unpaired) electrons. The number of piperazine rings is 1. The number of aryl methyl sites for hydroxylation is 1. The van der Waals surface area contributed by atoms with E-state index in [4.69, 9.17) is 4.74 Å². The van der Waals surface area contributed by atoms with Gasteiger partial charge in [-0.05, 0) is 43.5 Å². The Labute approximate surface area is 235 Å². The highest BCUT2D eigenvalue weighted by atomic mass is 16.5. The summed E-state index contributed by atoms with van der Waals surface area (Å²) in [4.78, 5) is 40.4. The summed E-state index contributed by atoms with van der Waals surface area (Å²) in [5, 5.41) is 9.27. The van der Waals surface area contributed by atoms with Crippen molar-refractivity contribution in [3.8, 4) is 6.07 Å². The number of hydrogen-bond donors (Lipinski definition) is 1. The zero-order chi connectivity index (χ0) is 28.2. The van der Waals surface area contributed by atoms with Gasteiger partial charge < -0.3 is 24.4 Å². The Balaban J connectivity index is 0.000000348. The van der Waals surface area contributed by atoms with Gasteiger partial charge >= 0.3 is 5.69 Å². The number of likely N-dealkylation sites (N-methyl/N-ethyl adjacent to an activating group) is 1. The minimum absolute atomic E-state index is 0.167. The van der Waals surface area contributed by atoms with Crippen LogP contribution in [0, 0.1) is 11.3 Å². The number of aromatic nitrogens is 2. The summed E-state index contributed by atoms with van der Waals surface area (Å²) in [5.74, 6) is 0.520. The van der Waals surface area contributed by atoms with Gasteiger partial charge in [0.25, 0.3) is 0 Å². The fourth-order valence-corrected chi connectivity index (χ4v) is 6.51. The maximum Gasteiger partial charge on any atom is 0.347 e. The van der Waals surface area contributed by atoms with Gasteiger partial charge in [-0.3, -0.25) is 9.69 Å². The molecule has 1 unspecified atom stereocenters. The molecule has 1 amide bonds. The second-order valence-electron chi connectivity index (χ2n) is 11.1. The summed E-state index contributed by atoms with van der Waals surface area (Å²) in [6.07, 6.45) is 5.37. The number of anilines is 1. The highest BCUT2D eigenvalue weighted by Gasteiger charge is 2.36. The minimum atomic E-state index is -0.353. The molecule has 1 aromatic heterocycles. The third-order valence-corrected chi connectivity index (χ3v) is 8.61. The molecule has 0 bridgehead atoms. The Morgan fingerprint density at radius 1 is 1.23 bits per heavy atom. The molecule has 212 valence electrons. The Bertz CT molecular complexity index is 1340. The lowest BCUT2D eigenvalue weighted by Crippen LogP contribution is -2.55. The number of ether oxygens (including phenoxy) is 1. The fourth-order valence-electron chi connectivity index (χ4n) is 6.51. The van der Waals surface area contributed by atoms with Gasteiger partial charge in [0.15, 0.2) is 0 Å². The van der Waals surface area contributed by atoms with E-state index in [1.54, 1.807) is 12.0 Å². The van der Waals surface area contributed by atoms with Crippen LogP contribution in [0.4, 0.5) is 5.82 Å². The molecule has 0 spiro atoms. The number of aromatic amines is 1. The lowest BCUT2D eigenvalue weighted by atomic mass is 10.1.